The van der Waals surface area contributed by atoms with E-state index in [9.17, 15) is 15.2 Å². The van der Waals surface area contributed by atoms with Gasteiger partial charge in [0.05, 0.1) is 17.6 Å². The Morgan fingerprint density at radius 1 is 1.42 bits per heavy atom. The first-order valence-corrected chi connectivity index (χ1v) is 6.07. The molecular weight excluding hydrogens is 248 g/mol. The highest BCUT2D eigenvalue weighted by Gasteiger charge is 2.20. The minimum atomic E-state index is -0.943. The normalized spacial score (nSPS) is 13.1. The van der Waals surface area contributed by atoms with Crippen molar-refractivity contribution in [1.29, 1.82) is 0 Å². The van der Waals surface area contributed by atoms with Gasteiger partial charge in [0.2, 0.25) is 0 Å². The summed E-state index contributed by atoms with van der Waals surface area (Å²) in [5.41, 5.74) is 1.00. The number of hydrogen-bond acceptors (Lipinski definition) is 5. The van der Waals surface area contributed by atoms with Crippen molar-refractivity contribution in [3.63, 3.8) is 0 Å². The summed E-state index contributed by atoms with van der Waals surface area (Å²) in [5, 5.41) is 31.8. The molecule has 0 amide bonds. The third-order valence-electron chi connectivity index (χ3n) is 2.80. The first-order valence-electron chi connectivity index (χ1n) is 6.07. The topological polar surface area (TPSA) is 95.6 Å². The van der Waals surface area contributed by atoms with E-state index in [0.29, 0.717) is 5.69 Å². The molecule has 0 saturated carbocycles. The van der Waals surface area contributed by atoms with Gasteiger partial charge in [0.25, 0.3) is 5.69 Å². The molecule has 0 aliphatic heterocycles. The number of nitro groups is 1. The molecule has 1 unspecified atom stereocenters. The van der Waals surface area contributed by atoms with E-state index in [1.165, 1.54) is 6.07 Å². The molecule has 6 heteroatoms. The zero-order chi connectivity index (χ0) is 14.6. The van der Waals surface area contributed by atoms with Crippen LogP contribution in [0.4, 0.5) is 11.4 Å². The molecule has 0 bridgehead atoms. The van der Waals surface area contributed by atoms with E-state index in [1.54, 1.807) is 6.07 Å². The quantitative estimate of drug-likeness (QED) is 0.557. The smallest absolute Gasteiger partial charge is 0.292 e. The van der Waals surface area contributed by atoms with Crippen LogP contribution < -0.4 is 5.32 Å². The Morgan fingerprint density at radius 3 is 2.53 bits per heavy atom. The lowest BCUT2D eigenvalue weighted by molar-refractivity contribution is -0.384. The maximum absolute atomic E-state index is 11.1. The lowest BCUT2D eigenvalue weighted by Gasteiger charge is -2.19. The highest BCUT2D eigenvalue weighted by Crippen LogP contribution is 2.31. The van der Waals surface area contributed by atoms with Crippen molar-refractivity contribution in [2.45, 2.75) is 32.3 Å². The second-order valence-electron chi connectivity index (χ2n) is 5.46. The number of nitrogens with zero attached hydrogens (tertiary/aromatic N) is 1. The summed E-state index contributed by atoms with van der Waals surface area (Å²) < 4.78 is 0. The molecule has 1 aromatic rings. The van der Waals surface area contributed by atoms with Crippen LogP contribution in [0.2, 0.25) is 0 Å². The van der Waals surface area contributed by atoms with E-state index < -0.39 is 11.0 Å². The zero-order valence-corrected chi connectivity index (χ0v) is 11.4. The SMILES string of the molecule is CC(C)(C)c1ccc(NCC(O)CO)c([N+](=O)[O-])c1. The van der Waals surface area contributed by atoms with Crippen LogP contribution in [-0.4, -0.2) is 34.4 Å². The average molecular weight is 268 g/mol. The number of rotatable bonds is 5. The Morgan fingerprint density at radius 2 is 2.05 bits per heavy atom. The number of hydrogen-bond donors (Lipinski definition) is 3. The van der Waals surface area contributed by atoms with Gasteiger partial charge in [-0.2, -0.15) is 0 Å². The lowest BCUT2D eigenvalue weighted by atomic mass is 9.86. The predicted octanol–water partition coefficient (Wildman–Crippen LogP) is 1.66. The van der Waals surface area contributed by atoms with Crippen molar-refractivity contribution in [2.75, 3.05) is 18.5 Å². The van der Waals surface area contributed by atoms with Crippen LogP contribution in [0.15, 0.2) is 18.2 Å². The number of benzene rings is 1. The van der Waals surface area contributed by atoms with Gasteiger partial charge in [0.15, 0.2) is 0 Å². The minimum Gasteiger partial charge on any atom is -0.394 e. The molecule has 1 atom stereocenters. The summed E-state index contributed by atoms with van der Waals surface area (Å²) in [6.45, 7) is 5.62. The van der Waals surface area contributed by atoms with E-state index >= 15 is 0 Å². The van der Waals surface area contributed by atoms with Gasteiger partial charge in [-0.05, 0) is 17.0 Å². The molecule has 0 aliphatic carbocycles. The van der Waals surface area contributed by atoms with Gasteiger partial charge >= 0.3 is 0 Å². The standard InChI is InChI=1S/C13H20N2O4/c1-13(2,3)9-4-5-11(12(6-9)15(18)19)14-7-10(17)8-16/h4-6,10,14,16-17H,7-8H2,1-3H3. The first kappa shape index (κ1) is 15.4. The number of nitrogens with one attached hydrogen (secondary N) is 1. The number of aliphatic hydroxyl groups is 2. The van der Waals surface area contributed by atoms with Crippen LogP contribution in [0.25, 0.3) is 0 Å². The van der Waals surface area contributed by atoms with Gasteiger partial charge in [0.1, 0.15) is 5.69 Å². The fraction of sp³-hybridized carbons (Fsp3) is 0.538. The van der Waals surface area contributed by atoms with Crippen LogP contribution in [0.3, 0.4) is 0 Å². The lowest BCUT2D eigenvalue weighted by Crippen LogP contribution is -2.23. The largest absolute Gasteiger partial charge is 0.394 e. The Hall–Kier alpha value is -1.66. The maximum atomic E-state index is 11.1. The van der Waals surface area contributed by atoms with Crippen LogP contribution in [0.5, 0.6) is 0 Å². The zero-order valence-electron chi connectivity index (χ0n) is 11.4. The van der Waals surface area contributed by atoms with E-state index in [0.717, 1.165) is 5.56 Å². The van der Waals surface area contributed by atoms with Crippen molar-refractivity contribution >= 4 is 11.4 Å². The second-order valence-corrected chi connectivity index (χ2v) is 5.46. The van der Waals surface area contributed by atoms with Crippen LogP contribution in [0, 0.1) is 10.1 Å². The molecule has 6 nitrogen and oxygen atoms in total. The minimum absolute atomic E-state index is 0.0300. The molecule has 0 saturated heterocycles. The summed E-state index contributed by atoms with van der Waals surface area (Å²) in [7, 11) is 0. The molecular formula is C13H20N2O4. The Labute approximate surface area is 112 Å². The molecule has 19 heavy (non-hydrogen) atoms. The molecule has 0 radical (unpaired) electrons. The summed E-state index contributed by atoms with van der Waals surface area (Å²) in [6.07, 6.45) is -0.943. The van der Waals surface area contributed by atoms with Crippen molar-refractivity contribution < 1.29 is 15.1 Å². The van der Waals surface area contributed by atoms with Crippen molar-refractivity contribution in [3.8, 4) is 0 Å². The highest BCUT2D eigenvalue weighted by atomic mass is 16.6. The molecule has 0 aromatic heterocycles. The number of anilines is 1. The third kappa shape index (κ3) is 4.18. The van der Waals surface area contributed by atoms with Gasteiger partial charge < -0.3 is 15.5 Å². The Kier molecular flexibility index (Phi) is 4.85. The van der Waals surface area contributed by atoms with Crippen LogP contribution >= 0.6 is 0 Å². The third-order valence-corrected chi connectivity index (χ3v) is 2.80. The summed E-state index contributed by atoms with van der Waals surface area (Å²) >= 11 is 0. The molecule has 1 aromatic carbocycles. The second kappa shape index (κ2) is 5.99. The van der Waals surface area contributed by atoms with Gasteiger partial charge in [-0.1, -0.05) is 26.8 Å². The molecule has 1 rings (SSSR count). The average Bonchev–Trinajstić information content (AvgIpc) is 2.34. The van der Waals surface area contributed by atoms with E-state index in [4.69, 9.17) is 5.11 Å². The fourth-order valence-corrected chi connectivity index (χ4v) is 1.59. The molecule has 0 fully saturated rings. The maximum Gasteiger partial charge on any atom is 0.292 e. The van der Waals surface area contributed by atoms with Crippen LogP contribution in [0.1, 0.15) is 26.3 Å². The van der Waals surface area contributed by atoms with E-state index in [2.05, 4.69) is 5.32 Å². The van der Waals surface area contributed by atoms with E-state index in [-0.39, 0.29) is 24.3 Å². The predicted molar refractivity (Wildman–Crippen MR) is 73.4 cm³/mol. The molecule has 0 heterocycles. The van der Waals surface area contributed by atoms with Gasteiger partial charge in [0, 0.05) is 12.6 Å². The number of nitro benzene ring substituents is 1. The van der Waals surface area contributed by atoms with Crippen molar-refractivity contribution in [3.05, 3.63) is 33.9 Å². The van der Waals surface area contributed by atoms with Crippen molar-refractivity contribution in [1.82, 2.24) is 0 Å². The molecule has 3 N–H and O–H groups in total. The highest BCUT2D eigenvalue weighted by molar-refractivity contribution is 5.63. The summed E-state index contributed by atoms with van der Waals surface area (Å²) in [6, 6.07) is 4.98. The molecule has 0 spiro atoms. The monoisotopic (exact) mass is 268 g/mol. The van der Waals surface area contributed by atoms with Gasteiger partial charge in [-0.15, -0.1) is 0 Å². The molecule has 106 valence electrons. The first-order chi connectivity index (χ1) is 8.75. The van der Waals surface area contributed by atoms with E-state index in [1.807, 2.05) is 26.8 Å². The fourth-order valence-electron chi connectivity index (χ4n) is 1.59. The van der Waals surface area contributed by atoms with Crippen LogP contribution in [-0.2, 0) is 5.41 Å². The summed E-state index contributed by atoms with van der Waals surface area (Å²) in [5.74, 6) is 0. The molecule has 0 aliphatic rings. The Balaban J connectivity index is 3.02. The van der Waals surface area contributed by atoms with Gasteiger partial charge in [-0.3, -0.25) is 10.1 Å². The number of aliphatic hydroxyl groups excluding tert-OH is 2. The van der Waals surface area contributed by atoms with Crippen molar-refractivity contribution in [2.24, 2.45) is 0 Å². The van der Waals surface area contributed by atoms with Gasteiger partial charge in [-0.25, -0.2) is 0 Å². The summed E-state index contributed by atoms with van der Waals surface area (Å²) in [4.78, 5) is 10.6. The Bertz CT molecular complexity index is 454.